The van der Waals surface area contributed by atoms with Crippen molar-refractivity contribution in [1.82, 2.24) is 0 Å². The van der Waals surface area contributed by atoms with E-state index in [2.05, 4.69) is 4.98 Å². The van der Waals surface area contributed by atoms with Gasteiger partial charge in [0.05, 0.1) is 5.41 Å². The molecule has 1 fully saturated rings. The molecule has 0 aromatic carbocycles. The lowest BCUT2D eigenvalue weighted by Gasteiger charge is -2.21. The van der Waals surface area contributed by atoms with Crippen molar-refractivity contribution < 1.29 is 9.90 Å². The van der Waals surface area contributed by atoms with E-state index in [1.807, 2.05) is 0 Å². The average Bonchev–Trinajstić information content (AvgIpc) is 2.53. The Morgan fingerprint density at radius 2 is 2.08 bits per heavy atom. The summed E-state index contributed by atoms with van der Waals surface area (Å²) in [4.78, 5) is 14.1. The largest absolute Gasteiger partial charge is 0.505 e. The summed E-state index contributed by atoms with van der Waals surface area (Å²) in [6.07, 6.45) is 4.12. The molecule has 1 rings (SSSR count). The minimum atomic E-state index is -0.772. The zero-order valence-corrected chi connectivity index (χ0v) is 7.66. The highest BCUT2D eigenvalue weighted by Crippen LogP contribution is 2.43. The molecule has 0 aromatic rings. The SMILES string of the molecule is CC(=O)C1(/C(O)=C\[N+]#N)CCCC1. The lowest BCUT2D eigenvalue weighted by atomic mass is 9.80. The normalized spacial score (nSPS) is 21.1. The van der Waals surface area contributed by atoms with Crippen molar-refractivity contribution in [3.05, 3.63) is 16.9 Å². The molecule has 13 heavy (non-hydrogen) atoms. The van der Waals surface area contributed by atoms with Crippen LogP contribution in [-0.2, 0) is 4.79 Å². The Morgan fingerprint density at radius 3 is 2.46 bits per heavy atom. The first-order valence-electron chi connectivity index (χ1n) is 4.38. The number of Topliss-reactive ketones (excluding diaryl/α,β-unsaturated/α-hetero) is 1. The molecule has 0 saturated heterocycles. The molecule has 0 radical (unpaired) electrons. The van der Waals surface area contributed by atoms with Crippen molar-refractivity contribution in [2.45, 2.75) is 32.6 Å². The predicted molar refractivity (Wildman–Crippen MR) is 47.4 cm³/mol. The Morgan fingerprint density at radius 1 is 1.54 bits per heavy atom. The van der Waals surface area contributed by atoms with Crippen LogP contribution in [0.25, 0.3) is 4.98 Å². The topological polar surface area (TPSA) is 65.4 Å². The van der Waals surface area contributed by atoms with Crippen LogP contribution in [0.15, 0.2) is 12.0 Å². The molecule has 0 aromatic heterocycles. The third-order valence-electron chi connectivity index (χ3n) is 2.80. The van der Waals surface area contributed by atoms with Gasteiger partial charge >= 0.3 is 6.20 Å². The van der Waals surface area contributed by atoms with Gasteiger partial charge in [-0.3, -0.25) is 4.79 Å². The van der Waals surface area contributed by atoms with Gasteiger partial charge in [-0.1, -0.05) is 12.8 Å². The number of aliphatic hydroxyl groups excluding tert-OH is 1. The smallest absolute Gasteiger partial charge is 0.388 e. The molecule has 1 saturated carbocycles. The van der Waals surface area contributed by atoms with Crippen molar-refractivity contribution >= 4 is 5.78 Å². The second-order valence-electron chi connectivity index (χ2n) is 3.48. The highest BCUT2D eigenvalue weighted by atomic mass is 16.3. The minimum Gasteiger partial charge on any atom is -0.505 e. The lowest BCUT2D eigenvalue weighted by molar-refractivity contribution is -0.125. The van der Waals surface area contributed by atoms with E-state index in [4.69, 9.17) is 5.39 Å². The first kappa shape index (κ1) is 9.72. The number of carbonyl (C=O) groups is 1. The third-order valence-corrected chi connectivity index (χ3v) is 2.80. The molecule has 0 amide bonds. The molecule has 70 valence electrons. The monoisotopic (exact) mass is 181 g/mol. The molecule has 0 heterocycles. The number of allylic oxidation sites excluding steroid dienone is 1. The van der Waals surface area contributed by atoms with Gasteiger partial charge in [0.15, 0.2) is 10.7 Å². The van der Waals surface area contributed by atoms with Gasteiger partial charge in [-0.15, -0.1) is 0 Å². The summed E-state index contributed by atoms with van der Waals surface area (Å²) < 4.78 is 0. The quantitative estimate of drug-likeness (QED) is 0.525. The molecule has 4 nitrogen and oxygen atoms in total. The molecule has 0 spiro atoms. The number of hydrogen-bond donors (Lipinski definition) is 1. The number of diazo groups is 1. The first-order chi connectivity index (χ1) is 6.13. The Hall–Kier alpha value is -1.37. The minimum absolute atomic E-state index is 0.0533. The van der Waals surface area contributed by atoms with Gasteiger partial charge in [-0.05, 0) is 19.8 Å². The summed E-state index contributed by atoms with van der Waals surface area (Å²) in [5.74, 6) is -0.164. The van der Waals surface area contributed by atoms with Crippen molar-refractivity contribution in [2.75, 3.05) is 0 Å². The number of ketones is 1. The van der Waals surface area contributed by atoms with E-state index < -0.39 is 5.41 Å². The maximum absolute atomic E-state index is 11.4. The first-order valence-corrected chi connectivity index (χ1v) is 4.38. The molecule has 0 unspecified atom stereocenters. The van der Waals surface area contributed by atoms with Gasteiger partial charge in [-0.25, -0.2) is 0 Å². The second-order valence-corrected chi connectivity index (χ2v) is 3.48. The van der Waals surface area contributed by atoms with Crippen LogP contribution in [0.4, 0.5) is 0 Å². The van der Waals surface area contributed by atoms with Gasteiger partial charge in [0.25, 0.3) is 0 Å². The van der Waals surface area contributed by atoms with E-state index in [9.17, 15) is 9.90 Å². The third kappa shape index (κ3) is 1.55. The summed E-state index contributed by atoms with van der Waals surface area (Å²) in [6, 6.07) is 0. The van der Waals surface area contributed by atoms with Crippen molar-refractivity contribution in [2.24, 2.45) is 5.41 Å². The van der Waals surface area contributed by atoms with Crippen molar-refractivity contribution in [3.8, 4) is 0 Å². The Kier molecular flexibility index (Phi) is 2.66. The molecule has 4 heteroatoms. The van der Waals surface area contributed by atoms with E-state index in [0.29, 0.717) is 12.8 Å². The molecular weight excluding hydrogens is 168 g/mol. The fourth-order valence-corrected chi connectivity index (χ4v) is 1.95. The van der Waals surface area contributed by atoms with E-state index >= 15 is 0 Å². The zero-order chi connectivity index (χ0) is 9.90. The van der Waals surface area contributed by atoms with Crippen molar-refractivity contribution in [1.29, 1.82) is 5.39 Å². The lowest BCUT2D eigenvalue weighted by Crippen LogP contribution is -2.27. The van der Waals surface area contributed by atoms with Crippen LogP contribution in [0, 0.1) is 10.8 Å². The van der Waals surface area contributed by atoms with Crippen LogP contribution in [0.1, 0.15) is 32.6 Å². The van der Waals surface area contributed by atoms with Crippen LogP contribution in [0.2, 0.25) is 0 Å². The maximum atomic E-state index is 11.4. The molecule has 1 aliphatic rings. The molecule has 0 aliphatic heterocycles. The van der Waals surface area contributed by atoms with Gasteiger partial charge in [0.1, 0.15) is 5.78 Å². The second kappa shape index (κ2) is 3.56. The molecule has 1 N–H and O–H groups in total. The van der Waals surface area contributed by atoms with Crippen LogP contribution in [0.5, 0.6) is 0 Å². The summed E-state index contributed by atoms with van der Waals surface area (Å²) in [7, 11) is 0. The van der Waals surface area contributed by atoms with Crippen LogP contribution in [0.3, 0.4) is 0 Å². The van der Waals surface area contributed by atoms with E-state index in [1.54, 1.807) is 0 Å². The van der Waals surface area contributed by atoms with Gasteiger partial charge in [0.2, 0.25) is 5.39 Å². The number of hydrogen-bond acceptors (Lipinski definition) is 3. The zero-order valence-electron chi connectivity index (χ0n) is 7.66. The summed E-state index contributed by atoms with van der Waals surface area (Å²) in [6.45, 7) is 1.47. The fraction of sp³-hybridized carbons (Fsp3) is 0.667. The maximum Gasteiger partial charge on any atom is 0.388 e. The van der Waals surface area contributed by atoms with Crippen LogP contribution < -0.4 is 0 Å². The van der Waals surface area contributed by atoms with E-state index in [1.165, 1.54) is 6.92 Å². The van der Waals surface area contributed by atoms with Crippen LogP contribution in [-0.4, -0.2) is 10.9 Å². The van der Waals surface area contributed by atoms with Crippen LogP contribution >= 0.6 is 0 Å². The standard InChI is InChI=1S/C9H12N2O2/c1-7(12)9(4-2-3-5-9)8(13)6-11-10/h6H,2-5H2,1H3/p+1/b8-6+. The number of nitrogens with zero attached hydrogens (tertiary/aromatic N) is 2. The Bertz CT molecular complexity index is 282. The highest BCUT2D eigenvalue weighted by molar-refractivity contribution is 5.85. The number of rotatable bonds is 2. The molecule has 0 bridgehead atoms. The average molecular weight is 181 g/mol. The summed E-state index contributed by atoms with van der Waals surface area (Å²) >= 11 is 0. The fourth-order valence-electron chi connectivity index (χ4n) is 1.95. The van der Waals surface area contributed by atoms with Gasteiger partial charge < -0.3 is 5.11 Å². The van der Waals surface area contributed by atoms with Crippen molar-refractivity contribution in [3.63, 3.8) is 0 Å². The Labute approximate surface area is 76.9 Å². The predicted octanol–water partition coefficient (Wildman–Crippen LogP) is 2.39. The molecule has 0 atom stereocenters. The van der Waals surface area contributed by atoms with Gasteiger partial charge in [-0.2, -0.15) is 0 Å². The summed E-state index contributed by atoms with van der Waals surface area (Å²) in [5.41, 5.74) is -0.772. The summed E-state index contributed by atoms with van der Waals surface area (Å²) in [5, 5.41) is 17.8. The molecular formula is C9H13N2O2+. The van der Waals surface area contributed by atoms with E-state index in [0.717, 1.165) is 19.0 Å². The molecule has 1 aliphatic carbocycles. The number of aliphatic hydroxyl groups is 1. The van der Waals surface area contributed by atoms with Gasteiger partial charge in [0, 0.05) is 0 Å². The highest BCUT2D eigenvalue weighted by Gasteiger charge is 2.44. The number of carbonyl (C=O) groups excluding carboxylic acids is 1. The van der Waals surface area contributed by atoms with E-state index in [-0.39, 0.29) is 11.5 Å². The Balaban J connectivity index is 2.99.